The summed E-state index contributed by atoms with van der Waals surface area (Å²) >= 11 is 0. The summed E-state index contributed by atoms with van der Waals surface area (Å²) in [7, 11) is 0. The molecular weight excluding hydrogens is 170 g/mol. The van der Waals surface area contributed by atoms with Gasteiger partial charge in [-0.3, -0.25) is 10.3 Å². The van der Waals surface area contributed by atoms with Crippen molar-refractivity contribution in [3.05, 3.63) is 10.5 Å². The molecule has 1 aromatic heterocycles. The molecule has 0 unspecified atom stereocenters. The van der Waals surface area contributed by atoms with Crippen LogP contribution in [0.5, 0.6) is 0 Å². The molecule has 0 saturated heterocycles. The number of terminal acetylenes is 1. The van der Waals surface area contributed by atoms with E-state index in [9.17, 15) is 4.79 Å². The topological polar surface area (TPSA) is 82.7 Å². The van der Waals surface area contributed by atoms with Crippen LogP contribution in [0.4, 0.5) is 11.9 Å². The monoisotopic (exact) mass is 179 g/mol. The number of hydrogen-bond donors (Lipinski definition) is 3. The van der Waals surface area contributed by atoms with Gasteiger partial charge in [-0.25, -0.2) is 4.79 Å². The minimum atomic E-state index is -0.497. The highest BCUT2D eigenvalue weighted by Crippen LogP contribution is 1.96. The van der Waals surface area contributed by atoms with Crippen LogP contribution in [0.15, 0.2) is 4.79 Å². The summed E-state index contributed by atoms with van der Waals surface area (Å²) < 4.78 is 0. The van der Waals surface area contributed by atoms with E-state index in [1.165, 1.54) is 0 Å². The number of rotatable bonds is 3. The van der Waals surface area contributed by atoms with Crippen molar-refractivity contribution in [2.24, 2.45) is 0 Å². The Hall–Kier alpha value is -2.03. The third-order valence-corrected chi connectivity index (χ3v) is 1.18. The highest BCUT2D eigenvalue weighted by molar-refractivity contribution is 5.36. The van der Waals surface area contributed by atoms with Crippen molar-refractivity contribution in [1.29, 1.82) is 0 Å². The van der Waals surface area contributed by atoms with Crippen molar-refractivity contribution in [2.75, 3.05) is 17.2 Å². The Balaban J connectivity index is 2.98. The molecule has 0 amide bonds. The molecule has 6 heteroatoms. The molecule has 6 nitrogen and oxygen atoms in total. The van der Waals surface area contributed by atoms with E-state index in [2.05, 4.69) is 31.6 Å². The number of nitrogens with zero attached hydrogens (tertiary/aromatic N) is 2. The summed E-state index contributed by atoms with van der Waals surface area (Å²) in [6, 6.07) is 2.12. The molecule has 0 aliphatic heterocycles. The lowest BCUT2D eigenvalue weighted by Crippen LogP contribution is -2.17. The van der Waals surface area contributed by atoms with E-state index in [4.69, 9.17) is 6.42 Å². The maximum atomic E-state index is 10.9. The summed E-state index contributed by atoms with van der Waals surface area (Å²) in [6.07, 6.45) is 4.96. The van der Waals surface area contributed by atoms with Crippen LogP contribution in [0.3, 0.4) is 0 Å². The molecule has 1 aromatic rings. The van der Waals surface area contributed by atoms with Crippen LogP contribution in [-0.2, 0) is 0 Å². The fourth-order valence-electron chi connectivity index (χ4n) is 0.756. The molecule has 0 aromatic carbocycles. The molecule has 13 heavy (non-hydrogen) atoms. The predicted molar refractivity (Wildman–Crippen MR) is 49.3 cm³/mol. The maximum Gasteiger partial charge on any atom is 0.351 e. The van der Waals surface area contributed by atoms with Gasteiger partial charge in [0, 0.05) is 12.6 Å². The Kier molecular flexibility index (Phi) is 2.87. The number of nitrogens with one attached hydrogen (secondary N) is 3. The van der Waals surface area contributed by atoms with Crippen LogP contribution < -0.4 is 16.3 Å². The maximum absolute atomic E-state index is 10.9. The van der Waals surface area contributed by atoms with Crippen LogP contribution in [0.2, 0.25) is 0 Å². The summed E-state index contributed by atoms with van der Waals surface area (Å²) in [5, 5.41) is 5.22. The molecule has 0 radical (unpaired) electrons. The normalized spacial score (nSPS) is 8.92. The van der Waals surface area contributed by atoms with Gasteiger partial charge in [-0.1, -0.05) is 6.42 Å². The lowest BCUT2D eigenvalue weighted by atomic mass is 10.7. The summed E-state index contributed by atoms with van der Waals surface area (Å²) in [5.74, 6) is 0.461. The SMILES string of the molecule is C#CNc1nc(NCC)[nH]c(=O)n1. The van der Waals surface area contributed by atoms with Gasteiger partial charge in [-0.15, -0.1) is 0 Å². The van der Waals surface area contributed by atoms with E-state index >= 15 is 0 Å². The van der Waals surface area contributed by atoms with E-state index in [-0.39, 0.29) is 5.95 Å². The van der Waals surface area contributed by atoms with Crippen LogP contribution >= 0.6 is 0 Å². The van der Waals surface area contributed by atoms with Crippen molar-refractivity contribution < 1.29 is 0 Å². The first-order valence-electron chi connectivity index (χ1n) is 3.70. The van der Waals surface area contributed by atoms with Crippen molar-refractivity contribution in [3.63, 3.8) is 0 Å². The largest absolute Gasteiger partial charge is 0.356 e. The first-order valence-corrected chi connectivity index (χ1v) is 3.70. The molecule has 68 valence electrons. The average Bonchev–Trinajstić information content (AvgIpc) is 2.04. The quantitative estimate of drug-likeness (QED) is 0.434. The van der Waals surface area contributed by atoms with Crippen molar-refractivity contribution in [1.82, 2.24) is 15.0 Å². The molecule has 0 atom stereocenters. The Morgan fingerprint density at radius 1 is 1.62 bits per heavy atom. The van der Waals surface area contributed by atoms with Crippen molar-refractivity contribution >= 4 is 11.9 Å². The Labute approximate surface area is 74.8 Å². The average molecular weight is 179 g/mol. The molecule has 0 saturated carbocycles. The van der Waals surface area contributed by atoms with Crippen LogP contribution in [0.25, 0.3) is 0 Å². The first kappa shape index (κ1) is 9.06. The molecule has 1 heterocycles. The Morgan fingerprint density at radius 3 is 3.00 bits per heavy atom. The highest BCUT2D eigenvalue weighted by atomic mass is 16.1. The van der Waals surface area contributed by atoms with E-state index in [0.717, 1.165) is 0 Å². The summed E-state index contributed by atoms with van der Waals surface area (Å²) in [4.78, 5) is 20.7. The van der Waals surface area contributed by atoms with E-state index in [1.807, 2.05) is 6.92 Å². The van der Waals surface area contributed by atoms with Gasteiger partial charge in [0.15, 0.2) is 0 Å². The molecule has 1 rings (SSSR count). The van der Waals surface area contributed by atoms with Crippen LogP contribution in [0.1, 0.15) is 6.92 Å². The van der Waals surface area contributed by atoms with E-state index < -0.39 is 5.69 Å². The zero-order chi connectivity index (χ0) is 9.68. The molecular formula is C7H9N5O. The minimum absolute atomic E-state index is 0.113. The second-order valence-electron chi connectivity index (χ2n) is 2.13. The number of aromatic amines is 1. The number of H-pyrrole nitrogens is 1. The predicted octanol–water partition coefficient (Wildman–Crippen LogP) is -0.401. The molecule has 0 fully saturated rings. The minimum Gasteiger partial charge on any atom is -0.356 e. The third-order valence-electron chi connectivity index (χ3n) is 1.18. The van der Waals surface area contributed by atoms with Gasteiger partial charge >= 0.3 is 5.69 Å². The number of aromatic nitrogens is 3. The molecule has 0 spiro atoms. The third kappa shape index (κ3) is 2.48. The van der Waals surface area contributed by atoms with Gasteiger partial charge in [0.05, 0.1) is 0 Å². The zero-order valence-corrected chi connectivity index (χ0v) is 7.09. The van der Waals surface area contributed by atoms with Gasteiger partial charge in [0.2, 0.25) is 11.9 Å². The smallest absolute Gasteiger partial charge is 0.351 e. The van der Waals surface area contributed by atoms with Gasteiger partial charge in [0.1, 0.15) is 0 Å². The lowest BCUT2D eigenvalue weighted by Gasteiger charge is -2.01. The van der Waals surface area contributed by atoms with Gasteiger partial charge in [0.25, 0.3) is 0 Å². The molecule has 0 aliphatic carbocycles. The number of anilines is 2. The second kappa shape index (κ2) is 4.11. The molecule has 3 N–H and O–H groups in total. The van der Waals surface area contributed by atoms with E-state index in [1.54, 1.807) is 0 Å². The number of hydrogen-bond acceptors (Lipinski definition) is 5. The Morgan fingerprint density at radius 2 is 2.38 bits per heavy atom. The van der Waals surface area contributed by atoms with Crippen molar-refractivity contribution in [2.45, 2.75) is 6.92 Å². The van der Waals surface area contributed by atoms with Crippen molar-refractivity contribution in [3.8, 4) is 12.5 Å². The molecule has 0 aliphatic rings. The summed E-state index contributed by atoms with van der Waals surface area (Å²) in [5.41, 5.74) is -0.497. The Bertz CT molecular complexity index is 377. The molecule has 0 bridgehead atoms. The zero-order valence-electron chi connectivity index (χ0n) is 7.09. The van der Waals surface area contributed by atoms with Gasteiger partial charge in [-0.2, -0.15) is 9.97 Å². The van der Waals surface area contributed by atoms with Gasteiger partial charge < -0.3 is 5.32 Å². The highest BCUT2D eigenvalue weighted by Gasteiger charge is 1.98. The van der Waals surface area contributed by atoms with E-state index in [0.29, 0.717) is 12.5 Å². The van der Waals surface area contributed by atoms with Crippen LogP contribution in [-0.4, -0.2) is 21.5 Å². The van der Waals surface area contributed by atoms with Gasteiger partial charge in [-0.05, 0) is 6.92 Å². The standard InChI is InChI=1S/C7H9N5O/c1-3-8-5-10-6(9-4-2)12-7(13)11-5/h1H,4H2,2H3,(H3,8,9,10,11,12,13). The summed E-state index contributed by atoms with van der Waals surface area (Å²) in [6.45, 7) is 2.54. The lowest BCUT2D eigenvalue weighted by molar-refractivity contribution is 0.978. The fraction of sp³-hybridized carbons (Fsp3) is 0.286. The first-order chi connectivity index (χ1) is 6.26. The second-order valence-corrected chi connectivity index (χ2v) is 2.13. The fourth-order valence-corrected chi connectivity index (χ4v) is 0.756. The van der Waals surface area contributed by atoms with Crippen LogP contribution in [0, 0.1) is 12.5 Å².